The smallest absolute Gasteiger partial charge is 0.324 e. The molecule has 2 aromatic carbocycles. The lowest BCUT2D eigenvalue weighted by molar-refractivity contribution is -0.122. The van der Waals surface area contributed by atoms with Crippen LogP contribution in [-0.4, -0.2) is 49.4 Å². The maximum atomic E-state index is 13.6. The van der Waals surface area contributed by atoms with Crippen LogP contribution >= 0.6 is 0 Å². The van der Waals surface area contributed by atoms with Crippen molar-refractivity contribution in [2.45, 2.75) is 33.1 Å². The van der Waals surface area contributed by atoms with Crippen LogP contribution in [-0.2, 0) is 4.79 Å². The number of hydrogen-bond acceptors (Lipinski definition) is 7. The average Bonchev–Trinajstić information content (AvgIpc) is 3.38. The van der Waals surface area contributed by atoms with Crippen molar-refractivity contribution < 1.29 is 18.8 Å². The minimum atomic E-state index is -0.136. The molecule has 180 valence electrons. The first-order valence-electron chi connectivity index (χ1n) is 11.9. The van der Waals surface area contributed by atoms with Crippen molar-refractivity contribution in [2.24, 2.45) is 5.92 Å². The second-order valence-electron chi connectivity index (χ2n) is 8.33. The van der Waals surface area contributed by atoms with Crippen molar-refractivity contribution >= 4 is 17.6 Å². The number of carbonyl (C=O) groups is 1. The first-order valence-corrected chi connectivity index (χ1v) is 11.9. The van der Waals surface area contributed by atoms with E-state index in [9.17, 15) is 4.79 Å². The summed E-state index contributed by atoms with van der Waals surface area (Å²) in [7, 11) is 1.63. The first kappa shape index (κ1) is 23.6. The minimum Gasteiger partial charge on any atom is -0.497 e. The number of amides is 1. The van der Waals surface area contributed by atoms with E-state index >= 15 is 0 Å². The molecule has 8 nitrogen and oxygen atoms in total. The van der Waals surface area contributed by atoms with Crippen molar-refractivity contribution in [1.82, 2.24) is 10.1 Å². The van der Waals surface area contributed by atoms with Crippen molar-refractivity contribution in [2.75, 3.05) is 43.2 Å². The Bertz CT molecular complexity index is 1070. The van der Waals surface area contributed by atoms with Gasteiger partial charge >= 0.3 is 6.01 Å². The van der Waals surface area contributed by atoms with Crippen LogP contribution in [0.4, 0.5) is 11.7 Å². The molecule has 2 heterocycles. The summed E-state index contributed by atoms with van der Waals surface area (Å²) in [5.74, 6) is 2.10. The van der Waals surface area contributed by atoms with E-state index in [4.69, 9.17) is 14.0 Å². The molecule has 1 aliphatic heterocycles. The number of ether oxygens (including phenoxy) is 2. The van der Waals surface area contributed by atoms with Gasteiger partial charge in [0.15, 0.2) is 0 Å². The van der Waals surface area contributed by atoms with E-state index in [1.165, 1.54) is 0 Å². The molecule has 1 aromatic heterocycles. The summed E-state index contributed by atoms with van der Waals surface area (Å²) < 4.78 is 16.3. The van der Waals surface area contributed by atoms with Crippen LogP contribution in [0, 0.1) is 5.92 Å². The third-order valence-corrected chi connectivity index (χ3v) is 5.98. The van der Waals surface area contributed by atoms with E-state index in [2.05, 4.69) is 17.1 Å². The molecule has 1 aliphatic rings. The van der Waals surface area contributed by atoms with E-state index in [0.29, 0.717) is 31.5 Å². The molecule has 3 aromatic rings. The Balaban J connectivity index is 1.46. The van der Waals surface area contributed by atoms with E-state index in [-0.39, 0.29) is 11.8 Å². The molecule has 1 amide bonds. The van der Waals surface area contributed by atoms with Gasteiger partial charge in [-0.1, -0.05) is 12.1 Å². The first-order chi connectivity index (χ1) is 16.6. The Morgan fingerprint density at radius 3 is 2.53 bits per heavy atom. The van der Waals surface area contributed by atoms with E-state index in [0.717, 1.165) is 48.6 Å². The van der Waals surface area contributed by atoms with Crippen LogP contribution in [0.3, 0.4) is 0 Å². The third-order valence-electron chi connectivity index (χ3n) is 5.98. The van der Waals surface area contributed by atoms with Gasteiger partial charge in [-0.3, -0.25) is 4.79 Å². The summed E-state index contributed by atoms with van der Waals surface area (Å²) in [6.07, 6.45) is 2.61. The minimum absolute atomic E-state index is 0.130. The largest absolute Gasteiger partial charge is 0.497 e. The van der Waals surface area contributed by atoms with Crippen LogP contribution in [0.15, 0.2) is 53.1 Å². The maximum absolute atomic E-state index is 13.6. The fourth-order valence-electron chi connectivity index (χ4n) is 4.25. The number of carbonyl (C=O) groups excluding carboxylic acids is 1. The van der Waals surface area contributed by atoms with Gasteiger partial charge in [-0.05, 0) is 74.7 Å². The predicted molar refractivity (Wildman–Crippen MR) is 131 cm³/mol. The summed E-state index contributed by atoms with van der Waals surface area (Å²) in [6, 6.07) is 15.7. The lowest BCUT2D eigenvalue weighted by Crippen LogP contribution is -2.45. The van der Waals surface area contributed by atoms with Crippen LogP contribution < -0.4 is 19.3 Å². The van der Waals surface area contributed by atoms with E-state index in [1.54, 1.807) is 7.11 Å². The fraction of sp³-hybridized carbons (Fsp3) is 0.423. The van der Waals surface area contributed by atoms with Crippen LogP contribution in [0.2, 0.25) is 0 Å². The van der Waals surface area contributed by atoms with Crippen molar-refractivity contribution in [3.05, 3.63) is 48.5 Å². The summed E-state index contributed by atoms with van der Waals surface area (Å²) in [5.41, 5.74) is 1.75. The molecule has 1 atom stereocenters. The molecule has 0 bridgehead atoms. The number of piperidine rings is 1. The predicted octanol–water partition coefficient (Wildman–Crippen LogP) is 4.80. The second-order valence-corrected chi connectivity index (χ2v) is 8.33. The topological polar surface area (TPSA) is 80.9 Å². The number of nitrogens with zero attached hydrogens (tertiary/aromatic N) is 4. The third kappa shape index (κ3) is 5.32. The van der Waals surface area contributed by atoms with Crippen molar-refractivity contribution in [3.63, 3.8) is 0 Å². The Kier molecular flexibility index (Phi) is 7.67. The highest BCUT2D eigenvalue weighted by atomic mass is 16.5. The highest BCUT2D eigenvalue weighted by Gasteiger charge is 2.32. The molecular formula is C26H32N4O4. The summed E-state index contributed by atoms with van der Waals surface area (Å²) in [5, 5.41) is 4.15. The van der Waals surface area contributed by atoms with Gasteiger partial charge in [-0.2, -0.15) is 4.98 Å². The Morgan fingerprint density at radius 2 is 1.85 bits per heavy atom. The molecule has 0 aliphatic carbocycles. The molecule has 1 fully saturated rings. The zero-order valence-electron chi connectivity index (χ0n) is 20.1. The van der Waals surface area contributed by atoms with Crippen molar-refractivity contribution in [3.8, 4) is 22.9 Å². The second kappa shape index (κ2) is 11.0. The van der Waals surface area contributed by atoms with Gasteiger partial charge in [0, 0.05) is 30.9 Å². The van der Waals surface area contributed by atoms with Gasteiger partial charge in [0.1, 0.15) is 11.5 Å². The summed E-state index contributed by atoms with van der Waals surface area (Å²) >= 11 is 0. The molecule has 0 saturated carbocycles. The van der Waals surface area contributed by atoms with Crippen LogP contribution in [0.25, 0.3) is 11.4 Å². The number of rotatable bonds is 9. The Morgan fingerprint density at radius 1 is 1.12 bits per heavy atom. The number of aromatic nitrogens is 2. The molecule has 0 spiro atoms. The number of hydrogen-bond donors (Lipinski definition) is 0. The van der Waals surface area contributed by atoms with Gasteiger partial charge in [0.25, 0.3) is 0 Å². The lowest BCUT2D eigenvalue weighted by Gasteiger charge is -2.34. The normalized spacial score (nSPS) is 15.7. The molecule has 0 N–H and O–H groups in total. The van der Waals surface area contributed by atoms with Gasteiger partial charge in [-0.15, -0.1) is 0 Å². The Hall–Kier alpha value is -3.55. The van der Waals surface area contributed by atoms with Gasteiger partial charge < -0.3 is 23.8 Å². The fourth-order valence-corrected chi connectivity index (χ4v) is 4.25. The van der Waals surface area contributed by atoms with E-state index < -0.39 is 0 Å². The van der Waals surface area contributed by atoms with Gasteiger partial charge in [0.05, 0.1) is 19.6 Å². The average molecular weight is 465 g/mol. The maximum Gasteiger partial charge on any atom is 0.324 e. The lowest BCUT2D eigenvalue weighted by atomic mass is 9.96. The summed E-state index contributed by atoms with van der Waals surface area (Å²) in [4.78, 5) is 22.1. The molecule has 0 unspecified atom stereocenters. The monoisotopic (exact) mass is 464 g/mol. The molecule has 0 radical (unpaired) electrons. The van der Waals surface area contributed by atoms with Crippen LogP contribution in [0.5, 0.6) is 11.5 Å². The highest BCUT2D eigenvalue weighted by molar-refractivity contribution is 5.95. The van der Waals surface area contributed by atoms with Gasteiger partial charge in [0.2, 0.25) is 11.7 Å². The van der Waals surface area contributed by atoms with Crippen LogP contribution in [0.1, 0.15) is 33.1 Å². The molecule has 34 heavy (non-hydrogen) atoms. The van der Waals surface area contributed by atoms with E-state index in [1.807, 2.05) is 65.3 Å². The standard InChI is InChI=1S/C26H32N4O4/c1-4-16-30(21-10-14-23(15-11-21)33-5-2)25(31)20-7-6-17-29(18-20)26-27-24(28-34-26)19-8-12-22(32-3)13-9-19/h8-15,20H,4-7,16-18H2,1-3H3/t20-/m0/s1. The number of methoxy groups -OCH3 is 1. The zero-order chi connectivity index (χ0) is 23.9. The SMILES string of the molecule is CCCN(C(=O)[C@H]1CCCN(c2nc(-c3ccc(OC)cc3)no2)C1)c1ccc(OCC)cc1. The molecule has 8 heteroatoms. The number of benzene rings is 2. The number of anilines is 2. The zero-order valence-corrected chi connectivity index (χ0v) is 20.1. The molecule has 1 saturated heterocycles. The quantitative estimate of drug-likeness (QED) is 0.450. The van der Waals surface area contributed by atoms with Gasteiger partial charge in [-0.25, -0.2) is 0 Å². The molecule has 4 rings (SSSR count). The Labute approximate surface area is 200 Å². The van der Waals surface area contributed by atoms with Crippen molar-refractivity contribution in [1.29, 1.82) is 0 Å². The summed E-state index contributed by atoms with van der Waals surface area (Å²) in [6.45, 7) is 6.67. The molecular weight excluding hydrogens is 432 g/mol. The highest BCUT2D eigenvalue weighted by Crippen LogP contribution is 2.28.